The molecular weight excluding hydrogens is 280 g/mol. The summed E-state index contributed by atoms with van der Waals surface area (Å²) in [5.74, 6) is 0.413. The Morgan fingerprint density at radius 2 is 2.31 bits per heavy atom. The topological polar surface area (TPSA) is 12.0 Å². The zero-order valence-electron chi connectivity index (χ0n) is 7.19. The van der Waals surface area contributed by atoms with E-state index < -0.39 is 0 Å². The highest BCUT2D eigenvalue weighted by Gasteiger charge is 2.17. The van der Waals surface area contributed by atoms with Crippen LogP contribution in [0.4, 0.5) is 4.39 Å². The molecule has 0 bridgehead atoms. The molecule has 1 aromatic rings. The average molecular weight is 291 g/mol. The van der Waals surface area contributed by atoms with E-state index in [1.807, 2.05) is 34.7 Å². The highest BCUT2D eigenvalue weighted by Crippen LogP contribution is 2.24. The quantitative estimate of drug-likeness (QED) is 0.784. The minimum absolute atomic E-state index is 0.0926. The molecule has 1 heterocycles. The van der Waals surface area contributed by atoms with Crippen LogP contribution in [0.3, 0.4) is 0 Å². The van der Waals surface area contributed by atoms with Crippen LogP contribution in [0, 0.1) is 9.39 Å². The third kappa shape index (κ3) is 2.02. The predicted molar refractivity (Wildman–Crippen MR) is 59.3 cm³/mol. The Kier molecular flexibility index (Phi) is 2.83. The predicted octanol–water partition coefficient (Wildman–Crippen LogP) is 2.51. The van der Waals surface area contributed by atoms with Gasteiger partial charge in [-0.3, -0.25) is 0 Å². The van der Waals surface area contributed by atoms with Crippen LogP contribution in [0.15, 0.2) is 18.2 Å². The fraction of sp³-hybridized carbons (Fsp3) is 0.400. The lowest BCUT2D eigenvalue weighted by molar-refractivity contribution is 0.613. The Labute approximate surface area is 90.9 Å². The standard InChI is InChI=1S/C10H11FIN/c11-9-5-7(1-2-10(9)12)8-3-4-13-6-8/h1-2,5,8,13H,3-4,6H2/t8-/m0/s1. The van der Waals surface area contributed by atoms with Crippen molar-refractivity contribution in [1.29, 1.82) is 0 Å². The maximum atomic E-state index is 13.2. The molecule has 1 nitrogen and oxygen atoms in total. The van der Waals surface area contributed by atoms with Crippen molar-refractivity contribution in [2.45, 2.75) is 12.3 Å². The molecule has 0 spiro atoms. The molecule has 13 heavy (non-hydrogen) atoms. The van der Waals surface area contributed by atoms with Gasteiger partial charge in [-0.25, -0.2) is 4.39 Å². The highest BCUT2D eigenvalue weighted by atomic mass is 127. The molecular formula is C10H11FIN. The highest BCUT2D eigenvalue weighted by molar-refractivity contribution is 14.1. The Balaban J connectivity index is 2.25. The first-order chi connectivity index (χ1) is 6.27. The van der Waals surface area contributed by atoms with Crippen molar-refractivity contribution in [2.24, 2.45) is 0 Å². The molecule has 1 aliphatic heterocycles. The van der Waals surface area contributed by atoms with Gasteiger partial charge in [0.1, 0.15) is 5.82 Å². The van der Waals surface area contributed by atoms with Crippen molar-refractivity contribution in [3.63, 3.8) is 0 Å². The Bertz CT molecular complexity index is 308. The minimum Gasteiger partial charge on any atom is -0.316 e. The maximum Gasteiger partial charge on any atom is 0.136 e. The molecule has 0 unspecified atom stereocenters. The molecule has 70 valence electrons. The first-order valence-corrected chi connectivity index (χ1v) is 5.51. The minimum atomic E-state index is -0.0926. The van der Waals surface area contributed by atoms with Gasteiger partial charge in [-0.1, -0.05) is 6.07 Å². The van der Waals surface area contributed by atoms with Crippen LogP contribution in [-0.4, -0.2) is 13.1 Å². The molecule has 0 aliphatic carbocycles. The van der Waals surface area contributed by atoms with Crippen molar-refractivity contribution in [1.82, 2.24) is 5.32 Å². The van der Waals surface area contributed by atoms with Crippen molar-refractivity contribution in [3.05, 3.63) is 33.1 Å². The van der Waals surface area contributed by atoms with Crippen LogP contribution >= 0.6 is 22.6 Å². The summed E-state index contributed by atoms with van der Waals surface area (Å²) >= 11 is 2.01. The third-order valence-electron chi connectivity index (χ3n) is 2.48. The van der Waals surface area contributed by atoms with Crippen LogP contribution in [0.25, 0.3) is 0 Å². The molecule has 0 amide bonds. The van der Waals surface area contributed by atoms with Gasteiger partial charge in [0.2, 0.25) is 0 Å². The zero-order valence-corrected chi connectivity index (χ0v) is 9.34. The molecule has 0 saturated carbocycles. The Morgan fingerprint density at radius 3 is 2.92 bits per heavy atom. The molecule has 1 atom stereocenters. The van der Waals surface area contributed by atoms with Crippen LogP contribution in [0.2, 0.25) is 0 Å². The summed E-state index contributed by atoms with van der Waals surface area (Å²) in [6.07, 6.45) is 1.13. The monoisotopic (exact) mass is 291 g/mol. The summed E-state index contributed by atoms with van der Waals surface area (Å²) < 4.78 is 13.9. The van der Waals surface area contributed by atoms with Crippen molar-refractivity contribution >= 4 is 22.6 Å². The number of rotatable bonds is 1. The van der Waals surface area contributed by atoms with Crippen molar-refractivity contribution in [2.75, 3.05) is 13.1 Å². The number of nitrogens with one attached hydrogen (secondary N) is 1. The number of hydrogen-bond donors (Lipinski definition) is 1. The molecule has 0 radical (unpaired) electrons. The van der Waals surface area contributed by atoms with E-state index in [0.29, 0.717) is 9.49 Å². The summed E-state index contributed by atoms with van der Waals surface area (Å²) in [6, 6.07) is 5.55. The first-order valence-electron chi connectivity index (χ1n) is 4.43. The van der Waals surface area contributed by atoms with Crippen LogP contribution in [0.5, 0.6) is 0 Å². The van der Waals surface area contributed by atoms with Gasteiger partial charge in [-0.05, 0) is 59.2 Å². The van der Waals surface area contributed by atoms with Gasteiger partial charge in [0, 0.05) is 10.1 Å². The summed E-state index contributed by atoms with van der Waals surface area (Å²) in [4.78, 5) is 0. The third-order valence-corrected chi connectivity index (χ3v) is 3.35. The second-order valence-electron chi connectivity index (χ2n) is 3.36. The van der Waals surface area contributed by atoms with E-state index in [1.54, 1.807) is 6.07 Å². The molecule has 1 aromatic carbocycles. The van der Waals surface area contributed by atoms with Gasteiger partial charge in [0.25, 0.3) is 0 Å². The maximum absolute atomic E-state index is 13.2. The molecule has 1 fully saturated rings. The van der Waals surface area contributed by atoms with E-state index in [9.17, 15) is 4.39 Å². The fourth-order valence-corrected chi connectivity index (χ4v) is 2.04. The fourth-order valence-electron chi connectivity index (χ4n) is 1.71. The summed E-state index contributed by atoms with van der Waals surface area (Å²) in [7, 11) is 0. The molecule has 0 aromatic heterocycles. The lowest BCUT2D eigenvalue weighted by Crippen LogP contribution is -2.08. The second kappa shape index (κ2) is 3.92. The van der Waals surface area contributed by atoms with Gasteiger partial charge in [0.05, 0.1) is 0 Å². The molecule has 1 saturated heterocycles. The smallest absolute Gasteiger partial charge is 0.136 e. The van der Waals surface area contributed by atoms with Crippen LogP contribution in [-0.2, 0) is 0 Å². The summed E-state index contributed by atoms with van der Waals surface area (Å²) in [6.45, 7) is 2.04. The van der Waals surface area contributed by atoms with E-state index in [1.165, 1.54) is 0 Å². The van der Waals surface area contributed by atoms with Gasteiger partial charge >= 0.3 is 0 Å². The lowest BCUT2D eigenvalue weighted by atomic mass is 9.99. The van der Waals surface area contributed by atoms with E-state index in [-0.39, 0.29) is 5.82 Å². The molecule has 1 aliphatic rings. The van der Waals surface area contributed by atoms with Crippen LogP contribution < -0.4 is 5.32 Å². The SMILES string of the molecule is Fc1cc([C@H]2CCNC2)ccc1I. The number of halogens is 2. The Hall–Kier alpha value is -0.160. The van der Waals surface area contributed by atoms with Crippen molar-refractivity contribution < 1.29 is 4.39 Å². The van der Waals surface area contributed by atoms with E-state index >= 15 is 0 Å². The van der Waals surface area contributed by atoms with Gasteiger partial charge in [0.15, 0.2) is 0 Å². The first kappa shape index (κ1) is 9.40. The number of hydrogen-bond acceptors (Lipinski definition) is 1. The molecule has 2 rings (SSSR count). The van der Waals surface area contributed by atoms with E-state index in [0.717, 1.165) is 25.1 Å². The largest absolute Gasteiger partial charge is 0.316 e. The lowest BCUT2D eigenvalue weighted by Gasteiger charge is -2.08. The summed E-state index contributed by atoms with van der Waals surface area (Å²) in [5.41, 5.74) is 1.13. The van der Waals surface area contributed by atoms with Crippen molar-refractivity contribution in [3.8, 4) is 0 Å². The summed E-state index contributed by atoms with van der Waals surface area (Å²) in [5, 5.41) is 3.28. The molecule has 3 heteroatoms. The zero-order chi connectivity index (χ0) is 9.26. The van der Waals surface area contributed by atoms with Crippen LogP contribution in [0.1, 0.15) is 17.9 Å². The number of benzene rings is 1. The van der Waals surface area contributed by atoms with E-state index in [2.05, 4.69) is 5.32 Å². The van der Waals surface area contributed by atoms with E-state index in [4.69, 9.17) is 0 Å². The second-order valence-corrected chi connectivity index (χ2v) is 4.53. The average Bonchev–Trinajstić information content (AvgIpc) is 2.62. The van der Waals surface area contributed by atoms with Gasteiger partial charge < -0.3 is 5.32 Å². The molecule has 1 N–H and O–H groups in total. The van der Waals surface area contributed by atoms with Gasteiger partial charge in [-0.15, -0.1) is 0 Å². The normalized spacial score (nSPS) is 22.2. The Morgan fingerprint density at radius 1 is 1.46 bits per heavy atom. The van der Waals surface area contributed by atoms with Gasteiger partial charge in [-0.2, -0.15) is 0 Å².